The summed E-state index contributed by atoms with van der Waals surface area (Å²) >= 11 is 1.38. The molecular formula is C10H14O2S. The number of rotatable bonds is 4. The van der Waals surface area contributed by atoms with Gasteiger partial charge in [0.15, 0.2) is 0 Å². The number of hydrogen-bond acceptors (Lipinski definition) is 3. The average molecular weight is 198 g/mol. The summed E-state index contributed by atoms with van der Waals surface area (Å²) in [5, 5.41) is 11.8. The van der Waals surface area contributed by atoms with Crippen LogP contribution in [0.15, 0.2) is 17.5 Å². The summed E-state index contributed by atoms with van der Waals surface area (Å²) < 4.78 is 0. The number of Topliss-reactive ketones (excluding diaryl/α,β-unsaturated/α-hetero) is 1. The van der Waals surface area contributed by atoms with Gasteiger partial charge in [0.2, 0.25) is 5.78 Å². The third-order valence-electron chi connectivity index (χ3n) is 2.34. The van der Waals surface area contributed by atoms with Crippen molar-refractivity contribution in [1.29, 1.82) is 0 Å². The molecule has 3 heteroatoms. The van der Waals surface area contributed by atoms with Gasteiger partial charge in [-0.2, -0.15) is 0 Å². The molecule has 0 bridgehead atoms. The third-order valence-corrected chi connectivity index (χ3v) is 3.21. The minimum Gasteiger partial charge on any atom is -0.382 e. The lowest BCUT2D eigenvalue weighted by molar-refractivity contribution is 0.0282. The number of carbonyl (C=O) groups excluding carboxylic acids is 1. The number of aliphatic hydroxyl groups is 1. The minimum atomic E-state index is -1.16. The summed E-state index contributed by atoms with van der Waals surface area (Å²) in [6, 6.07) is 3.58. The number of thiophene rings is 1. The maximum Gasteiger partial charge on any atom is 0.204 e. The third kappa shape index (κ3) is 1.98. The lowest BCUT2D eigenvalue weighted by Crippen LogP contribution is -2.36. The Morgan fingerprint density at radius 1 is 1.54 bits per heavy atom. The van der Waals surface area contributed by atoms with Gasteiger partial charge in [-0.25, -0.2) is 0 Å². The van der Waals surface area contributed by atoms with Crippen LogP contribution in [-0.4, -0.2) is 16.5 Å². The highest BCUT2D eigenvalue weighted by atomic mass is 32.1. The van der Waals surface area contributed by atoms with Crippen molar-refractivity contribution in [2.45, 2.75) is 32.3 Å². The van der Waals surface area contributed by atoms with E-state index < -0.39 is 5.60 Å². The van der Waals surface area contributed by atoms with Gasteiger partial charge in [-0.15, -0.1) is 11.3 Å². The van der Waals surface area contributed by atoms with E-state index in [-0.39, 0.29) is 5.78 Å². The zero-order valence-electron chi connectivity index (χ0n) is 7.91. The van der Waals surface area contributed by atoms with Crippen molar-refractivity contribution in [1.82, 2.24) is 0 Å². The van der Waals surface area contributed by atoms with E-state index in [1.165, 1.54) is 11.3 Å². The van der Waals surface area contributed by atoms with E-state index >= 15 is 0 Å². The van der Waals surface area contributed by atoms with Crippen LogP contribution >= 0.6 is 11.3 Å². The second-order valence-electron chi connectivity index (χ2n) is 3.05. The van der Waals surface area contributed by atoms with Crippen molar-refractivity contribution in [3.63, 3.8) is 0 Å². The van der Waals surface area contributed by atoms with E-state index in [9.17, 15) is 9.90 Å². The van der Waals surface area contributed by atoms with Crippen LogP contribution in [0.1, 0.15) is 36.4 Å². The van der Waals surface area contributed by atoms with E-state index in [2.05, 4.69) is 0 Å². The smallest absolute Gasteiger partial charge is 0.204 e. The molecule has 1 N–H and O–H groups in total. The minimum absolute atomic E-state index is 0.146. The van der Waals surface area contributed by atoms with Gasteiger partial charge in [-0.05, 0) is 24.3 Å². The Kier molecular flexibility index (Phi) is 3.22. The fourth-order valence-electron chi connectivity index (χ4n) is 1.21. The van der Waals surface area contributed by atoms with Crippen molar-refractivity contribution >= 4 is 17.1 Å². The van der Waals surface area contributed by atoms with Crippen LogP contribution in [0.5, 0.6) is 0 Å². The highest BCUT2D eigenvalue weighted by Gasteiger charge is 2.32. The summed E-state index contributed by atoms with van der Waals surface area (Å²) in [7, 11) is 0. The van der Waals surface area contributed by atoms with Gasteiger partial charge < -0.3 is 5.11 Å². The second-order valence-corrected chi connectivity index (χ2v) is 3.99. The van der Waals surface area contributed by atoms with Crippen molar-refractivity contribution < 1.29 is 9.90 Å². The van der Waals surface area contributed by atoms with Gasteiger partial charge in [0.05, 0.1) is 4.88 Å². The first kappa shape index (κ1) is 10.4. The normalized spacial score (nSPS) is 11.6. The first-order valence-electron chi connectivity index (χ1n) is 4.44. The van der Waals surface area contributed by atoms with Crippen LogP contribution in [-0.2, 0) is 0 Å². The number of ketones is 1. The first-order valence-corrected chi connectivity index (χ1v) is 5.32. The molecule has 13 heavy (non-hydrogen) atoms. The maximum atomic E-state index is 11.8. The fraction of sp³-hybridized carbons (Fsp3) is 0.500. The Morgan fingerprint density at radius 2 is 2.15 bits per heavy atom. The first-order chi connectivity index (χ1) is 6.14. The van der Waals surface area contributed by atoms with Crippen LogP contribution in [0, 0.1) is 0 Å². The summed E-state index contributed by atoms with van der Waals surface area (Å²) in [6.07, 6.45) is 0.945. The summed E-state index contributed by atoms with van der Waals surface area (Å²) in [6.45, 7) is 3.66. The Balaban J connectivity index is 2.89. The molecular weight excluding hydrogens is 184 g/mol. The summed E-state index contributed by atoms with van der Waals surface area (Å²) in [4.78, 5) is 12.4. The molecule has 0 unspecified atom stereocenters. The van der Waals surface area contributed by atoms with Gasteiger partial charge in [0.25, 0.3) is 0 Å². The van der Waals surface area contributed by atoms with Crippen LogP contribution < -0.4 is 0 Å². The molecule has 0 amide bonds. The number of carbonyl (C=O) groups is 1. The average Bonchev–Trinajstić information content (AvgIpc) is 2.68. The highest BCUT2D eigenvalue weighted by Crippen LogP contribution is 2.23. The molecule has 2 nitrogen and oxygen atoms in total. The molecule has 0 spiro atoms. The molecule has 0 saturated carbocycles. The van der Waals surface area contributed by atoms with Gasteiger partial charge >= 0.3 is 0 Å². The molecule has 0 fully saturated rings. The Bertz CT molecular complexity index is 273. The zero-order valence-corrected chi connectivity index (χ0v) is 8.73. The van der Waals surface area contributed by atoms with Crippen LogP contribution in [0.2, 0.25) is 0 Å². The lowest BCUT2D eigenvalue weighted by Gasteiger charge is -2.22. The zero-order chi connectivity index (χ0) is 9.90. The summed E-state index contributed by atoms with van der Waals surface area (Å²) in [5.74, 6) is -0.146. The van der Waals surface area contributed by atoms with Crippen molar-refractivity contribution in [3.05, 3.63) is 22.4 Å². The number of hydrogen-bond donors (Lipinski definition) is 1. The molecule has 1 rings (SSSR count). The van der Waals surface area contributed by atoms with E-state index in [0.717, 1.165) is 0 Å². The van der Waals surface area contributed by atoms with Gasteiger partial charge in [-0.3, -0.25) is 4.79 Å². The van der Waals surface area contributed by atoms with Crippen molar-refractivity contribution in [2.75, 3.05) is 0 Å². The SMILES string of the molecule is CCC(O)(CC)C(=O)c1cccs1. The molecule has 0 aliphatic carbocycles. The monoisotopic (exact) mass is 198 g/mol. The van der Waals surface area contributed by atoms with Crippen LogP contribution in [0.25, 0.3) is 0 Å². The van der Waals surface area contributed by atoms with Gasteiger partial charge in [-0.1, -0.05) is 19.9 Å². The Morgan fingerprint density at radius 3 is 2.54 bits per heavy atom. The molecule has 1 aromatic heterocycles. The van der Waals surface area contributed by atoms with E-state index in [4.69, 9.17) is 0 Å². The maximum absolute atomic E-state index is 11.8. The molecule has 0 aliphatic rings. The second kappa shape index (κ2) is 4.03. The van der Waals surface area contributed by atoms with Gasteiger partial charge in [0, 0.05) is 0 Å². The molecule has 1 heterocycles. The topological polar surface area (TPSA) is 37.3 Å². The molecule has 0 radical (unpaired) electrons. The van der Waals surface area contributed by atoms with Crippen LogP contribution in [0.4, 0.5) is 0 Å². The highest BCUT2D eigenvalue weighted by molar-refractivity contribution is 7.12. The predicted molar refractivity (Wildman–Crippen MR) is 54.2 cm³/mol. The predicted octanol–water partition coefficient (Wildman–Crippen LogP) is 2.48. The van der Waals surface area contributed by atoms with E-state index in [0.29, 0.717) is 17.7 Å². The molecule has 72 valence electrons. The molecule has 0 atom stereocenters. The fourth-order valence-corrected chi connectivity index (χ4v) is 1.97. The van der Waals surface area contributed by atoms with Crippen molar-refractivity contribution in [3.8, 4) is 0 Å². The quantitative estimate of drug-likeness (QED) is 0.755. The lowest BCUT2D eigenvalue weighted by atomic mass is 9.91. The summed E-state index contributed by atoms with van der Waals surface area (Å²) in [5.41, 5.74) is -1.16. The van der Waals surface area contributed by atoms with Gasteiger partial charge in [0.1, 0.15) is 5.60 Å². The Labute approximate surface area is 82.2 Å². The Hall–Kier alpha value is -0.670. The van der Waals surface area contributed by atoms with Crippen LogP contribution in [0.3, 0.4) is 0 Å². The largest absolute Gasteiger partial charge is 0.382 e. The van der Waals surface area contributed by atoms with E-state index in [1.54, 1.807) is 6.07 Å². The van der Waals surface area contributed by atoms with Crippen molar-refractivity contribution in [2.24, 2.45) is 0 Å². The molecule has 1 aromatic rings. The molecule has 0 aliphatic heterocycles. The molecule has 0 aromatic carbocycles. The molecule has 0 saturated heterocycles. The standard InChI is InChI=1S/C10H14O2S/c1-3-10(12,4-2)9(11)8-6-5-7-13-8/h5-7,12H,3-4H2,1-2H3. The van der Waals surface area contributed by atoms with E-state index in [1.807, 2.05) is 25.3 Å².